The Morgan fingerprint density at radius 3 is 2.18 bits per heavy atom. The minimum Gasteiger partial charge on any atom is -0.478 e. The number of halogens is 1. The Morgan fingerprint density at radius 2 is 1.57 bits per heavy atom. The maximum atomic E-state index is 12.7. The molecule has 0 aliphatic carbocycles. The number of hydrogen-bond acceptors (Lipinski definition) is 4. The molecule has 0 radical (unpaired) electrons. The molecule has 0 saturated carbocycles. The van der Waals surface area contributed by atoms with Crippen LogP contribution in [-0.4, -0.2) is 19.5 Å². The lowest BCUT2D eigenvalue weighted by Crippen LogP contribution is -2.15. The zero-order valence-corrected chi connectivity index (χ0v) is 16.2. The van der Waals surface area contributed by atoms with Crippen molar-refractivity contribution in [1.29, 1.82) is 0 Å². The fourth-order valence-electron chi connectivity index (χ4n) is 2.59. The summed E-state index contributed by atoms with van der Waals surface area (Å²) in [5.41, 5.74) is 1.34. The Balaban J connectivity index is 1.93. The monoisotopic (exact) mass is 416 g/mol. The number of anilines is 2. The number of hydrogen-bond donors (Lipinski definition) is 3. The number of carboxylic acid groups (broad SMARTS) is 1. The van der Waals surface area contributed by atoms with Crippen molar-refractivity contribution in [2.45, 2.75) is 11.4 Å². The third-order valence-corrected chi connectivity index (χ3v) is 5.79. The quantitative estimate of drug-likeness (QED) is 0.528. The molecule has 0 aliphatic rings. The number of carbonyl (C=O) groups is 1. The SMILES string of the molecule is O=C(O)c1cc(S(=O)(=O)Nc2ccccc2)c(Cl)cc1NCc1ccccc1. The Hall–Kier alpha value is -3.03. The van der Waals surface area contributed by atoms with Crippen molar-refractivity contribution in [3.63, 3.8) is 0 Å². The average molecular weight is 417 g/mol. The van der Waals surface area contributed by atoms with E-state index in [2.05, 4.69) is 10.0 Å². The first-order valence-electron chi connectivity index (χ1n) is 8.29. The van der Waals surface area contributed by atoms with Gasteiger partial charge in [-0.3, -0.25) is 4.72 Å². The predicted molar refractivity (Wildman–Crippen MR) is 109 cm³/mol. The summed E-state index contributed by atoms with van der Waals surface area (Å²) in [6.07, 6.45) is 0. The Bertz CT molecular complexity index is 1090. The summed E-state index contributed by atoms with van der Waals surface area (Å²) in [6, 6.07) is 20.0. The molecule has 0 spiro atoms. The first-order valence-corrected chi connectivity index (χ1v) is 10.2. The molecule has 0 unspecified atom stereocenters. The van der Waals surface area contributed by atoms with E-state index >= 15 is 0 Å². The molecule has 0 aromatic heterocycles. The molecule has 0 bridgehead atoms. The maximum Gasteiger partial charge on any atom is 0.337 e. The van der Waals surface area contributed by atoms with Gasteiger partial charge in [-0.15, -0.1) is 0 Å². The zero-order valence-electron chi connectivity index (χ0n) is 14.6. The molecule has 0 fully saturated rings. The smallest absolute Gasteiger partial charge is 0.337 e. The molecule has 3 N–H and O–H groups in total. The van der Waals surface area contributed by atoms with Crippen LogP contribution in [0.5, 0.6) is 0 Å². The van der Waals surface area contributed by atoms with E-state index in [-0.39, 0.29) is 21.2 Å². The number of para-hydroxylation sites is 1. The molecule has 6 nitrogen and oxygen atoms in total. The van der Waals surface area contributed by atoms with Crippen molar-refractivity contribution < 1.29 is 18.3 Å². The van der Waals surface area contributed by atoms with Gasteiger partial charge >= 0.3 is 5.97 Å². The molecule has 0 aliphatic heterocycles. The van der Waals surface area contributed by atoms with Crippen LogP contribution in [0.15, 0.2) is 77.7 Å². The van der Waals surface area contributed by atoms with Gasteiger partial charge in [-0.25, -0.2) is 13.2 Å². The van der Waals surface area contributed by atoms with E-state index in [1.165, 1.54) is 6.07 Å². The van der Waals surface area contributed by atoms with E-state index in [0.29, 0.717) is 12.2 Å². The highest BCUT2D eigenvalue weighted by Gasteiger charge is 2.23. The molecule has 0 saturated heterocycles. The standard InChI is InChI=1S/C20H17ClN2O4S/c21-17-12-18(22-13-14-7-3-1-4-8-14)16(20(24)25)11-19(17)28(26,27)23-15-9-5-2-6-10-15/h1-12,22-23H,13H2,(H,24,25). The minimum atomic E-state index is -4.06. The van der Waals surface area contributed by atoms with E-state index in [1.54, 1.807) is 30.3 Å². The van der Waals surface area contributed by atoms with Gasteiger partial charge in [-0.1, -0.05) is 60.1 Å². The van der Waals surface area contributed by atoms with Crippen LogP contribution < -0.4 is 10.0 Å². The van der Waals surface area contributed by atoms with Crippen LogP contribution in [0, 0.1) is 0 Å². The van der Waals surface area contributed by atoms with Crippen LogP contribution in [0.3, 0.4) is 0 Å². The first kappa shape index (κ1) is 19.7. The molecule has 3 aromatic carbocycles. The van der Waals surface area contributed by atoms with Crippen molar-refractivity contribution in [2.24, 2.45) is 0 Å². The molecule has 0 amide bonds. The number of nitrogens with one attached hydrogen (secondary N) is 2. The lowest BCUT2D eigenvalue weighted by molar-refractivity contribution is 0.0697. The predicted octanol–water partition coefficient (Wildman–Crippen LogP) is 4.45. The van der Waals surface area contributed by atoms with Gasteiger partial charge < -0.3 is 10.4 Å². The summed E-state index contributed by atoms with van der Waals surface area (Å²) in [4.78, 5) is 11.4. The van der Waals surface area contributed by atoms with Crippen LogP contribution in [0.4, 0.5) is 11.4 Å². The number of aromatic carboxylic acids is 1. The zero-order chi connectivity index (χ0) is 20.1. The second kappa shape index (κ2) is 8.33. The fourth-order valence-corrected chi connectivity index (χ4v) is 4.21. The van der Waals surface area contributed by atoms with Gasteiger partial charge in [-0.2, -0.15) is 0 Å². The average Bonchev–Trinajstić information content (AvgIpc) is 2.67. The normalized spacial score (nSPS) is 11.0. The van der Waals surface area contributed by atoms with Crippen molar-refractivity contribution in [2.75, 3.05) is 10.0 Å². The summed E-state index contributed by atoms with van der Waals surface area (Å²) in [6.45, 7) is 0.367. The van der Waals surface area contributed by atoms with Crippen LogP contribution >= 0.6 is 11.6 Å². The molecule has 0 atom stereocenters. The lowest BCUT2D eigenvalue weighted by Gasteiger charge is -2.14. The number of benzene rings is 3. The highest BCUT2D eigenvalue weighted by Crippen LogP contribution is 2.30. The molecule has 3 aromatic rings. The Kier molecular flexibility index (Phi) is 5.87. The van der Waals surface area contributed by atoms with Crippen molar-refractivity contribution in [3.8, 4) is 0 Å². The molecular weight excluding hydrogens is 400 g/mol. The largest absolute Gasteiger partial charge is 0.478 e. The molecule has 3 rings (SSSR count). The van der Waals surface area contributed by atoms with Gasteiger partial charge in [0.25, 0.3) is 10.0 Å². The van der Waals surface area contributed by atoms with Gasteiger partial charge in [0.1, 0.15) is 4.90 Å². The summed E-state index contributed by atoms with van der Waals surface area (Å²) in [5, 5.41) is 12.5. The van der Waals surface area contributed by atoms with E-state index in [1.807, 2.05) is 30.3 Å². The third-order valence-electron chi connectivity index (χ3n) is 3.94. The molecule has 144 valence electrons. The number of rotatable bonds is 7. The Morgan fingerprint density at radius 1 is 0.964 bits per heavy atom. The van der Waals surface area contributed by atoms with Crippen LogP contribution in [-0.2, 0) is 16.6 Å². The lowest BCUT2D eigenvalue weighted by atomic mass is 10.1. The summed E-state index contributed by atoms with van der Waals surface area (Å²) < 4.78 is 27.8. The summed E-state index contributed by atoms with van der Waals surface area (Å²) >= 11 is 6.19. The molecular formula is C20H17ClN2O4S. The second-order valence-corrected chi connectivity index (χ2v) is 8.00. The highest BCUT2D eigenvalue weighted by atomic mass is 35.5. The van der Waals surface area contributed by atoms with Crippen LogP contribution in [0.25, 0.3) is 0 Å². The topological polar surface area (TPSA) is 95.5 Å². The van der Waals surface area contributed by atoms with E-state index in [0.717, 1.165) is 11.6 Å². The van der Waals surface area contributed by atoms with E-state index in [9.17, 15) is 18.3 Å². The number of carboxylic acids is 1. The van der Waals surface area contributed by atoms with Crippen LogP contribution in [0.2, 0.25) is 5.02 Å². The van der Waals surface area contributed by atoms with E-state index in [4.69, 9.17) is 11.6 Å². The van der Waals surface area contributed by atoms with Gasteiger partial charge in [-0.05, 0) is 29.8 Å². The number of sulfonamides is 1. The third kappa shape index (κ3) is 4.62. The highest BCUT2D eigenvalue weighted by molar-refractivity contribution is 7.92. The maximum absolute atomic E-state index is 12.7. The van der Waals surface area contributed by atoms with Crippen molar-refractivity contribution >= 4 is 39.0 Å². The van der Waals surface area contributed by atoms with E-state index < -0.39 is 16.0 Å². The Labute approximate surface area is 167 Å². The van der Waals surface area contributed by atoms with Gasteiger partial charge in [0.15, 0.2) is 0 Å². The van der Waals surface area contributed by atoms with Gasteiger partial charge in [0.2, 0.25) is 0 Å². The summed E-state index contributed by atoms with van der Waals surface area (Å²) in [5.74, 6) is -1.26. The van der Waals surface area contributed by atoms with Crippen molar-refractivity contribution in [1.82, 2.24) is 0 Å². The first-order chi connectivity index (χ1) is 13.4. The molecule has 28 heavy (non-hydrogen) atoms. The van der Waals surface area contributed by atoms with Crippen LogP contribution in [0.1, 0.15) is 15.9 Å². The minimum absolute atomic E-state index is 0.0796. The summed E-state index contributed by atoms with van der Waals surface area (Å²) in [7, 11) is -4.06. The van der Waals surface area contributed by atoms with Gasteiger partial charge in [0.05, 0.1) is 16.3 Å². The second-order valence-electron chi connectivity index (χ2n) is 5.94. The van der Waals surface area contributed by atoms with Crippen molar-refractivity contribution in [3.05, 3.63) is 88.9 Å². The molecule has 0 heterocycles. The van der Waals surface area contributed by atoms with Gasteiger partial charge in [0, 0.05) is 12.2 Å². The molecule has 8 heteroatoms. The fraction of sp³-hybridized carbons (Fsp3) is 0.0500.